The fraction of sp³-hybridized carbons (Fsp3) is 0.500. The van der Waals surface area contributed by atoms with Crippen molar-refractivity contribution in [2.45, 2.75) is 19.3 Å². The third-order valence-corrected chi connectivity index (χ3v) is 2.13. The van der Waals surface area contributed by atoms with Crippen LogP contribution >= 0.6 is 0 Å². The van der Waals surface area contributed by atoms with Crippen LogP contribution in [0.15, 0.2) is 30.3 Å². The first-order chi connectivity index (χ1) is 6.93. The molecule has 0 fully saturated rings. The summed E-state index contributed by atoms with van der Waals surface area (Å²) in [7, 11) is 1.75. The van der Waals surface area contributed by atoms with E-state index in [-0.39, 0.29) is 0 Å². The van der Waals surface area contributed by atoms with E-state index in [1.165, 1.54) is 18.5 Å². The van der Waals surface area contributed by atoms with Gasteiger partial charge in [0.05, 0.1) is 0 Å². The highest BCUT2D eigenvalue weighted by Gasteiger charge is 1.90. The molecule has 0 aliphatic rings. The van der Waals surface area contributed by atoms with Gasteiger partial charge in [-0.15, -0.1) is 0 Å². The smallest absolute Gasteiger partial charge is 0.0462 e. The number of methoxy groups -OCH3 is 1. The number of anilines is 1. The van der Waals surface area contributed by atoms with Crippen molar-refractivity contribution in [1.29, 1.82) is 0 Å². The molecular formula is C12H19NO. The molecule has 1 N–H and O–H groups in total. The highest BCUT2D eigenvalue weighted by atomic mass is 16.5. The van der Waals surface area contributed by atoms with Crippen LogP contribution in [0.3, 0.4) is 0 Å². The van der Waals surface area contributed by atoms with E-state index < -0.39 is 0 Å². The predicted molar refractivity (Wildman–Crippen MR) is 60.7 cm³/mol. The molecule has 0 saturated carbocycles. The quantitative estimate of drug-likeness (QED) is 0.672. The molecule has 0 aromatic heterocycles. The molecule has 1 aromatic carbocycles. The molecule has 0 heterocycles. The number of hydrogen-bond donors (Lipinski definition) is 1. The Hall–Kier alpha value is -1.02. The standard InChI is InChI=1S/C12H19NO/c1-14-11-7-3-6-10-13-12-8-4-2-5-9-12/h2,4-5,8-9,13H,3,6-7,10-11H2,1H3. The van der Waals surface area contributed by atoms with E-state index in [1.807, 2.05) is 18.2 Å². The Kier molecular flexibility index (Phi) is 5.84. The highest BCUT2D eigenvalue weighted by molar-refractivity contribution is 5.42. The third kappa shape index (κ3) is 4.87. The van der Waals surface area contributed by atoms with E-state index >= 15 is 0 Å². The van der Waals surface area contributed by atoms with Crippen molar-refractivity contribution >= 4 is 5.69 Å². The molecule has 0 amide bonds. The molecule has 0 spiro atoms. The van der Waals surface area contributed by atoms with Gasteiger partial charge in [-0.2, -0.15) is 0 Å². The summed E-state index contributed by atoms with van der Waals surface area (Å²) < 4.78 is 4.99. The van der Waals surface area contributed by atoms with Crippen LogP contribution in [-0.2, 0) is 4.74 Å². The lowest BCUT2D eigenvalue weighted by Crippen LogP contribution is -2.01. The van der Waals surface area contributed by atoms with E-state index in [2.05, 4.69) is 17.4 Å². The Morgan fingerprint density at radius 2 is 1.86 bits per heavy atom. The molecule has 14 heavy (non-hydrogen) atoms. The Morgan fingerprint density at radius 3 is 2.57 bits per heavy atom. The summed E-state index contributed by atoms with van der Waals surface area (Å²) in [6.45, 7) is 1.93. The summed E-state index contributed by atoms with van der Waals surface area (Å²) in [6, 6.07) is 10.3. The highest BCUT2D eigenvalue weighted by Crippen LogP contribution is 2.05. The van der Waals surface area contributed by atoms with Crippen molar-refractivity contribution in [1.82, 2.24) is 0 Å². The minimum atomic E-state index is 0.880. The summed E-state index contributed by atoms with van der Waals surface area (Å²) in [5.74, 6) is 0. The molecule has 0 saturated heterocycles. The van der Waals surface area contributed by atoms with E-state index in [1.54, 1.807) is 7.11 Å². The molecule has 0 unspecified atom stereocenters. The van der Waals surface area contributed by atoms with Gasteiger partial charge in [-0.05, 0) is 31.4 Å². The second-order valence-electron chi connectivity index (χ2n) is 3.35. The van der Waals surface area contributed by atoms with Crippen LogP contribution in [0.25, 0.3) is 0 Å². The lowest BCUT2D eigenvalue weighted by molar-refractivity contribution is 0.192. The van der Waals surface area contributed by atoms with Gasteiger partial charge in [0.2, 0.25) is 0 Å². The maximum Gasteiger partial charge on any atom is 0.0462 e. The second-order valence-corrected chi connectivity index (χ2v) is 3.35. The average Bonchev–Trinajstić information content (AvgIpc) is 2.25. The van der Waals surface area contributed by atoms with Gasteiger partial charge in [0.15, 0.2) is 0 Å². The molecule has 0 radical (unpaired) electrons. The third-order valence-electron chi connectivity index (χ3n) is 2.13. The first-order valence-electron chi connectivity index (χ1n) is 5.21. The molecule has 1 aromatic rings. The fourth-order valence-corrected chi connectivity index (χ4v) is 1.34. The van der Waals surface area contributed by atoms with Crippen molar-refractivity contribution in [2.75, 3.05) is 25.6 Å². The zero-order valence-corrected chi connectivity index (χ0v) is 8.83. The largest absolute Gasteiger partial charge is 0.385 e. The molecule has 0 atom stereocenters. The van der Waals surface area contributed by atoms with Crippen LogP contribution in [0, 0.1) is 0 Å². The van der Waals surface area contributed by atoms with Crippen LogP contribution in [0.4, 0.5) is 5.69 Å². The van der Waals surface area contributed by atoms with Crippen LogP contribution in [-0.4, -0.2) is 20.3 Å². The number of para-hydroxylation sites is 1. The van der Waals surface area contributed by atoms with Gasteiger partial charge < -0.3 is 10.1 Å². The van der Waals surface area contributed by atoms with Crippen LogP contribution in [0.2, 0.25) is 0 Å². The lowest BCUT2D eigenvalue weighted by Gasteiger charge is -2.05. The Morgan fingerprint density at radius 1 is 1.07 bits per heavy atom. The van der Waals surface area contributed by atoms with Crippen molar-refractivity contribution in [3.63, 3.8) is 0 Å². The number of nitrogens with one attached hydrogen (secondary N) is 1. The normalized spacial score (nSPS) is 10.1. The fourth-order valence-electron chi connectivity index (χ4n) is 1.34. The molecule has 1 rings (SSSR count). The first kappa shape index (κ1) is 11.1. The van der Waals surface area contributed by atoms with Crippen molar-refractivity contribution in [3.05, 3.63) is 30.3 Å². The van der Waals surface area contributed by atoms with E-state index in [0.29, 0.717) is 0 Å². The number of unbranched alkanes of at least 4 members (excludes halogenated alkanes) is 2. The maximum atomic E-state index is 4.99. The van der Waals surface area contributed by atoms with Gasteiger partial charge >= 0.3 is 0 Å². The molecule has 0 aliphatic carbocycles. The average molecular weight is 193 g/mol. The Bertz CT molecular complexity index is 223. The zero-order chi connectivity index (χ0) is 10.1. The van der Waals surface area contributed by atoms with Crippen molar-refractivity contribution in [3.8, 4) is 0 Å². The summed E-state index contributed by atoms with van der Waals surface area (Å²) >= 11 is 0. The van der Waals surface area contributed by atoms with Crippen LogP contribution in [0.5, 0.6) is 0 Å². The molecular weight excluding hydrogens is 174 g/mol. The van der Waals surface area contributed by atoms with Gasteiger partial charge in [0, 0.05) is 25.9 Å². The van der Waals surface area contributed by atoms with Gasteiger partial charge in [0.1, 0.15) is 0 Å². The zero-order valence-electron chi connectivity index (χ0n) is 8.83. The monoisotopic (exact) mass is 193 g/mol. The Labute approximate surface area is 86.3 Å². The van der Waals surface area contributed by atoms with Crippen molar-refractivity contribution < 1.29 is 4.74 Å². The van der Waals surface area contributed by atoms with Gasteiger partial charge in [0.25, 0.3) is 0 Å². The van der Waals surface area contributed by atoms with Crippen molar-refractivity contribution in [2.24, 2.45) is 0 Å². The van der Waals surface area contributed by atoms with Crippen LogP contribution in [0.1, 0.15) is 19.3 Å². The van der Waals surface area contributed by atoms with Gasteiger partial charge in [-0.1, -0.05) is 18.2 Å². The van der Waals surface area contributed by atoms with E-state index in [4.69, 9.17) is 4.74 Å². The number of ether oxygens (including phenoxy) is 1. The molecule has 2 heteroatoms. The maximum absolute atomic E-state index is 4.99. The van der Waals surface area contributed by atoms with Crippen LogP contribution < -0.4 is 5.32 Å². The molecule has 0 bridgehead atoms. The first-order valence-corrected chi connectivity index (χ1v) is 5.21. The minimum Gasteiger partial charge on any atom is -0.385 e. The van der Waals surface area contributed by atoms with E-state index in [0.717, 1.165) is 19.6 Å². The number of benzene rings is 1. The molecule has 2 nitrogen and oxygen atoms in total. The number of rotatable bonds is 7. The summed E-state index contributed by atoms with van der Waals surface area (Å²) in [5.41, 5.74) is 1.21. The van der Waals surface area contributed by atoms with E-state index in [9.17, 15) is 0 Å². The predicted octanol–water partition coefficient (Wildman–Crippen LogP) is 2.92. The Balaban J connectivity index is 1.99. The van der Waals surface area contributed by atoms with Gasteiger partial charge in [-0.3, -0.25) is 0 Å². The minimum absolute atomic E-state index is 0.880. The lowest BCUT2D eigenvalue weighted by atomic mass is 10.2. The summed E-state index contributed by atoms with van der Waals surface area (Å²) in [5, 5.41) is 3.38. The molecule has 0 aliphatic heterocycles. The number of hydrogen-bond acceptors (Lipinski definition) is 2. The molecule has 78 valence electrons. The second kappa shape index (κ2) is 7.39. The summed E-state index contributed by atoms with van der Waals surface area (Å²) in [6.07, 6.45) is 3.60. The van der Waals surface area contributed by atoms with Gasteiger partial charge in [-0.25, -0.2) is 0 Å². The summed E-state index contributed by atoms with van der Waals surface area (Å²) in [4.78, 5) is 0. The topological polar surface area (TPSA) is 21.3 Å². The SMILES string of the molecule is COCCCCCNc1ccccc1.